The summed E-state index contributed by atoms with van der Waals surface area (Å²) < 4.78 is 20.7. The highest BCUT2D eigenvalue weighted by atomic mass is 19.1. The number of ether oxygens (including phenoxy) is 1. The Morgan fingerprint density at radius 1 is 1.24 bits per heavy atom. The number of rotatable bonds is 3. The van der Waals surface area contributed by atoms with E-state index in [0.717, 1.165) is 16.7 Å². The van der Waals surface area contributed by atoms with Crippen molar-refractivity contribution in [2.45, 2.75) is 6.54 Å². The fourth-order valence-electron chi connectivity index (χ4n) is 2.50. The molecule has 4 heteroatoms. The molecule has 104 valence electrons. The Hall–Kier alpha value is -2.80. The van der Waals surface area contributed by atoms with Gasteiger partial charge in [0.15, 0.2) is 0 Å². The van der Waals surface area contributed by atoms with Crippen LogP contribution in [0.15, 0.2) is 48.7 Å². The van der Waals surface area contributed by atoms with Gasteiger partial charge in [-0.05, 0) is 42.0 Å². The van der Waals surface area contributed by atoms with Crippen LogP contribution in [0.2, 0.25) is 0 Å². The molecule has 2 aromatic carbocycles. The summed E-state index contributed by atoms with van der Waals surface area (Å²) in [5, 5.41) is 10.1. The average molecular weight is 280 g/mol. The number of nitrogens with zero attached hydrogens (tertiary/aromatic N) is 2. The number of benzene rings is 2. The number of hydrogen-bond donors (Lipinski definition) is 0. The number of halogens is 1. The van der Waals surface area contributed by atoms with Crippen molar-refractivity contribution < 1.29 is 9.13 Å². The summed E-state index contributed by atoms with van der Waals surface area (Å²) in [4.78, 5) is 0. The highest BCUT2D eigenvalue weighted by Crippen LogP contribution is 2.27. The summed E-state index contributed by atoms with van der Waals surface area (Å²) in [6.07, 6.45) is 1.92. The van der Waals surface area contributed by atoms with Crippen LogP contribution >= 0.6 is 0 Å². The van der Waals surface area contributed by atoms with Gasteiger partial charge in [-0.3, -0.25) is 0 Å². The van der Waals surface area contributed by atoms with Gasteiger partial charge in [0.2, 0.25) is 0 Å². The van der Waals surface area contributed by atoms with Crippen LogP contribution in [-0.4, -0.2) is 11.7 Å². The van der Waals surface area contributed by atoms with E-state index in [1.54, 1.807) is 7.11 Å². The van der Waals surface area contributed by atoms with Crippen LogP contribution in [0.25, 0.3) is 10.9 Å². The molecule has 0 aliphatic heterocycles. The summed E-state index contributed by atoms with van der Waals surface area (Å²) in [5.41, 5.74) is 2.14. The quantitative estimate of drug-likeness (QED) is 0.733. The molecular formula is C17H13FN2O. The van der Waals surface area contributed by atoms with E-state index in [-0.39, 0.29) is 5.82 Å². The molecule has 0 fully saturated rings. The number of nitriles is 1. The highest BCUT2D eigenvalue weighted by Gasteiger charge is 2.09. The lowest BCUT2D eigenvalue weighted by Crippen LogP contribution is -2.01. The van der Waals surface area contributed by atoms with E-state index < -0.39 is 0 Å². The molecule has 0 aliphatic carbocycles. The fraction of sp³-hybridized carbons (Fsp3) is 0.118. The minimum atomic E-state index is -0.335. The van der Waals surface area contributed by atoms with E-state index in [1.807, 2.05) is 35.0 Å². The van der Waals surface area contributed by atoms with Gasteiger partial charge in [0, 0.05) is 18.1 Å². The number of hydrogen-bond acceptors (Lipinski definition) is 2. The zero-order valence-corrected chi connectivity index (χ0v) is 11.5. The summed E-state index contributed by atoms with van der Waals surface area (Å²) >= 11 is 0. The van der Waals surface area contributed by atoms with Gasteiger partial charge in [0.1, 0.15) is 11.6 Å². The van der Waals surface area contributed by atoms with Crippen molar-refractivity contribution in [3.05, 3.63) is 65.6 Å². The van der Waals surface area contributed by atoms with Crippen molar-refractivity contribution in [2.75, 3.05) is 7.11 Å². The van der Waals surface area contributed by atoms with Crippen molar-refractivity contribution in [3.8, 4) is 11.8 Å². The van der Waals surface area contributed by atoms with Crippen molar-refractivity contribution in [3.63, 3.8) is 0 Å². The van der Waals surface area contributed by atoms with Crippen LogP contribution in [0.5, 0.6) is 5.75 Å². The molecule has 0 saturated heterocycles. The second-order valence-electron chi connectivity index (χ2n) is 4.75. The second-order valence-corrected chi connectivity index (χ2v) is 4.75. The standard InChI is InChI=1S/C17H13FN2O/c1-21-17-4-2-3-16-15(17)7-8-20(16)11-13-9-14(18)6-5-12(13)10-19/h2-9H,11H2,1H3. The summed E-state index contributed by atoms with van der Waals surface area (Å²) in [5.74, 6) is 0.462. The van der Waals surface area contributed by atoms with Gasteiger partial charge >= 0.3 is 0 Å². The third-order valence-corrected chi connectivity index (χ3v) is 3.52. The molecule has 1 aromatic heterocycles. The van der Waals surface area contributed by atoms with E-state index in [9.17, 15) is 4.39 Å². The molecule has 0 spiro atoms. The van der Waals surface area contributed by atoms with E-state index in [2.05, 4.69) is 6.07 Å². The van der Waals surface area contributed by atoms with Crippen LogP contribution in [0, 0.1) is 17.1 Å². The van der Waals surface area contributed by atoms with Crippen LogP contribution in [0.4, 0.5) is 4.39 Å². The molecule has 3 aromatic rings. The molecule has 3 nitrogen and oxygen atoms in total. The number of fused-ring (bicyclic) bond motifs is 1. The molecule has 21 heavy (non-hydrogen) atoms. The molecule has 1 heterocycles. The van der Waals surface area contributed by atoms with E-state index in [1.165, 1.54) is 18.2 Å². The van der Waals surface area contributed by atoms with Crippen molar-refractivity contribution in [2.24, 2.45) is 0 Å². The summed E-state index contributed by atoms with van der Waals surface area (Å²) in [7, 11) is 1.63. The monoisotopic (exact) mass is 280 g/mol. The van der Waals surface area contributed by atoms with Crippen molar-refractivity contribution in [1.82, 2.24) is 4.57 Å². The Bertz CT molecular complexity index is 846. The first-order chi connectivity index (χ1) is 10.2. The molecule has 0 radical (unpaired) electrons. The smallest absolute Gasteiger partial charge is 0.128 e. The Labute approximate surface area is 121 Å². The van der Waals surface area contributed by atoms with E-state index in [4.69, 9.17) is 10.00 Å². The summed E-state index contributed by atoms with van der Waals surface area (Å²) in [6, 6.07) is 14.1. The maximum atomic E-state index is 13.4. The summed E-state index contributed by atoms with van der Waals surface area (Å²) in [6.45, 7) is 0.442. The first-order valence-corrected chi connectivity index (χ1v) is 6.53. The van der Waals surface area contributed by atoms with Gasteiger partial charge in [-0.15, -0.1) is 0 Å². The Morgan fingerprint density at radius 2 is 2.10 bits per heavy atom. The minimum Gasteiger partial charge on any atom is -0.496 e. The predicted octanol–water partition coefficient (Wildman–Crippen LogP) is 3.71. The topological polar surface area (TPSA) is 38.0 Å². The predicted molar refractivity (Wildman–Crippen MR) is 78.7 cm³/mol. The van der Waals surface area contributed by atoms with Gasteiger partial charge in [0.05, 0.1) is 24.3 Å². The molecule has 3 rings (SSSR count). The van der Waals surface area contributed by atoms with Gasteiger partial charge in [-0.1, -0.05) is 6.07 Å². The normalized spacial score (nSPS) is 10.5. The van der Waals surface area contributed by atoms with Crippen LogP contribution in [0.3, 0.4) is 0 Å². The molecule has 0 unspecified atom stereocenters. The molecule has 0 aliphatic rings. The van der Waals surface area contributed by atoms with Crippen molar-refractivity contribution >= 4 is 10.9 Å². The lowest BCUT2D eigenvalue weighted by molar-refractivity contribution is 0.420. The van der Waals surface area contributed by atoms with Crippen LogP contribution in [0.1, 0.15) is 11.1 Å². The molecule has 0 N–H and O–H groups in total. The third kappa shape index (κ3) is 2.34. The Balaban J connectivity index is 2.07. The molecule has 0 bridgehead atoms. The maximum absolute atomic E-state index is 13.4. The number of aromatic nitrogens is 1. The lowest BCUT2D eigenvalue weighted by atomic mass is 10.1. The van der Waals surface area contributed by atoms with E-state index >= 15 is 0 Å². The average Bonchev–Trinajstić information content (AvgIpc) is 2.91. The molecular weight excluding hydrogens is 267 g/mol. The van der Waals surface area contributed by atoms with Gasteiger partial charge in [-0.25, -0.2) is 4.39 Å². The first-order valence-electron chi connectivity index (χ1n) is 6.53. The van der Waals surface area contributed by atoms with E-state index in [0.29, 0.717) is 17.7 Å². The van der Waals surface area contributed by atoms with Gasteiger partial charge in [0.25, 0.3) is 0 Å². The number of methoxy groups -OCH3 is 1. The van der Waals surface area contributed by atoms with Crippen molar-refractivity contribution in [1.29, 1.82) is 5.26 Å². The fourth-order valence-corrected chi connectivity index (χ4v) is 2.50. The Morgan fingerprint density at radius 3 is 2.86 bits per heavy atom. The highest BCUT2D eigenvalue weighted by molar-refractivity contribution is 5.86. The largest absolute Gasteiger partial charge is 0.496 e. The second kappa shape index (κ2) is 5.29. The van der Waals surface area contributed by atoms with Gasteiger partial charge in [-0.2, -0.15) is 5.26 Å². The maximum Gasteiger partial charge on any atom is 0.128 e. The van der Waals surface area contributed by atoms with Crippen LogP contribution in [-0.2, 0) is 6.54 Å². The molecule has 0 amide bonds. The zero-order chi connectivity index (χ0) is 14.8. The van der Waals surface area contributed by atoms with Crippen LogP contribution < -0.4 is 4.74 Å². The Kier molecular flexibility index (Phi) is 3.33. The minimum absolute atomic E-state index is 0.335. The van der Waals surface area contributed by atoms with Gasteiger partial charge < -0.3 is 9.30 Å². The molecule has 0 atom stereocenters. The first kappa shape index (κ1) is 13.2. The SMILES string of the molecule is COc1cccc2c1ccn2Cc1cc(F)ccc1C#N. The third-order valence-electron chi connectivity index (χ3n) is 3.52. The molecule has 0 saturated carbocycles. The lowest BCUT2D eigenvalue weighted by Gasteiger charge is -2.08. The zero-order valence-electron chi connectivity index (χ0n) is 11.5.